The van der Waals surface area contributed by atoms with Crippen LogP contribution in [-0.2, 0) is 25.6 Å². The highest BCUT2D eigenvalue weighted by Gasteiger charge is 2.29. The number of aliphatic hydroxyl groups is 1. The highest BCUT2D eigenvalue weighted by atomic mass is 16.4. The van der Waals surface area contributed by atoms with E-state index in [9.17, 15) is 29.4 Å². The van der Waals surface area contributed by atoms with Crippen LogP contribution < -0.4 is 21.7 Å². The van der Waals surface area contributed by atoms with Gasteiger partial charge in [0, 0.05) is 6.42 Å². The minimum Gasteiger partial charge on any atom is -0.508 e. The summed E-state index contributed by atoms with van der Waals surface area (Å²) in [7, 11) is 0. The van der Waals surface area contributed by atoms with Crippen LogP contribution in [0.3, 0.4) is 0 Å². The third-order valence-corrected chi connectivity index (χ3v) is 4.62. The van der Waals surface area contributed by atoms with Crippen molar-refractivity contribution in [2.75, 3.05) is 6.61 Å². The number of aliphatic carboxylic acids is 1. The van der Waals surface area contributed by atoms with Gasteiger partial charge in [-0.25, -0.2) is 4.79 Å². The molecule has 0 aromatic heterocycles. The standard InChI is InChI=1S/C21H32N4O7/c1-11(2)8-17(21(31)32)25-20(30)16(9-13-4-6-14(27)7-5-13)24-18(28)12(3)23-19(29)15(22)10-26/h4-7,11-12,15-17,26-27H,8-10,22H2,1-3H3,(H,23,29)(H,24,28)(H,25,30)(H,31,32). The van der Waals surface area contributed by atoms with Gasteiger partial charge in [-0.05, 0) is 37.0 Å². The molecule has 0 fully saturated rings. The average molecular weight is 453 g/mol. The second kappa shape index (κ2) is 12.6. The van der Waals surface area contributed by atoms with Crippen molar-refractivity contribution >= 4 is 23.7 Å². The average Bonchev–Trinajstić information content (AvgIpc) is 2.72. The lowest BCUT2D eigenvalue weighted by atomic mass is 10.0. The second-order valence-electron chi connectivity index (χ2n) is 7.98. The Morgan fingerprint density at radius 3 is 1.97 bits per heavy atom. The van der Waals surface area contributed by atoms with Crippen LogP contribution >= 0.6 is 0 Å². The van der Waals surface area contributed by atoms with E-state index in [1.54, 1.807) is 12.1 Å². The first-order valence-electron chi connectivity index (χ1n) is 10.2. The molecule has 0 aliphatic heterocycles. The Morgan fingerprint density at radius 2 is 1.47 bits per heavy atom. The first-order chi connectivity index (χ1) is 14.9. The lowest BCUT2D eigenvalue weighted by Crippen LogP contribution is -2.57. The fraction of sp³-hybridized carbons (Fsp3) is 0.524. The number of hydrogen-bond acceptors (Lipinski definition) is 7. The van der Waals surface area contributed by atoms with E-state index in [-0.39, 0.29) is 24.5 Å². The molecule has 1 aromatic carbocycles. The van der Waals surface area contributed by atoms with Gasteiger partial charge in [0.25, 0.3) is 0 Å². The number of carbonyl (C=O) groups is 4. The van der Waals surface area contributed by atoms with E-state index in [1.807, 2.05) is 13.8 Å². The van der Waals surface area contributed by atoms with Crippen LogP contribution in [0.1, 0.15) is 32.8 Å². The lowest BCUT2D eigenvalue weighted by molar-refractivity contribution is -0.142. The molecule has 0 aliphatic carbocycles. The smallest absolute Gasteiger partial charge is 0.326 e. The summed E-state index contributed by atoms with van der Waals surface area (Å²) in [6, 6.07) is 1.42. The summed E-state index contributed by atoms with van der Waals surface area (Å²) >= 11 is 0. The quantitative estimate of drug-likeness (QED) is 0.207. The summed E-state index contributed by atoms with van der Waals surface area (Å²) in [5.74, 6) is -3.30. The van der Waals surface area contributed by atoms with E-state index in [0.717, 1.165) is 0 Å². The van der Waals surface area contributed by atoms with Gasteiger partial charge in [-0.15, -0.1) is 0 Å². The summed E-state index contributed by atoms with van der Waals surface area (Å²) in [4.78, 5) is 48.8. The molecule has 11 heteroatoms. The number of carboxylic acids is 1. The van der Waals surface area contributed by atoms with Gasteiger partial charge in [0.1, 0.15) is 29.9 Å². The molecule has 32 heavy (non-hydrogen) atoms. The van der Waals surface area contributed by atoms with E-state index in [0.29, 0.717) is 5.56 Å². The summed E-state index contributed by atoms with van der Waals surface area (Å²) in [5.41, 5.74) is 6.03. The largest absolute Gasteiger partial charge is 0.508 e. The number of carbonyl (C=O) groups excluding carboxylic acids is 3. The number of phenolic OH excluding ortho intramolecular Hbond substituents is 1. The number of amides is 3. The van der Waals surface area contributed by atoms with Crippen LogP contribution in [0.15, 0.2) is 24.3 Å². The van der Waals surface area contributed by atoms with Gasteiger partial charge in [-0.1, -0.05) is 26.0 Å². The molecular formula is C21H32N4O7. The number of hydrogen-bond donors (Lipinski definition) is 7. The Bertz CT molecular complexity index is 798. The number of aromatic hydroxyl groups is 1. The number of rotatable bonds is 12. The Labute approximate surface area is 186 Å². The molecule has 0 heterocycles. The molecule has 1 rings (SSSR count). The third kappa shape index (κ3) is 8.90. The van der Waals surface area contributed by atoms with Crippen molar-refractivity contribution in [3.05, 3.63) is 29.8 Å². The lowest BCUT2D eigenvalue weighted by Gasteiger charge is -2.24. The molecule has 3 amide bonds. The van der Waals surface area contributed by atoms with Crippen molar-refractivity contribution in [1.29, 1.82) is 0 Å². The minimum absolute atomic E-state index is 0.00695. The number of nitrogens with one attached hydrogen (secondary N) is 3. The van der Waals surface area contributed by atoms with Crippen molar-refractivity contribution < 1.29 is 34.5 Å². The number of aliphatic hydroxyl groups excluding tert-OH is 1. The fourth-order valence-electron chi connectivity index (χ4n) is 2.81. The zero-order chi connectivity index (χ0) is 24.4. The van der Waals surface area contributed by atoms with Gasteiger partial charge in [0.15, 0.2) is 0 Å². The summed E-state index contributed by atoms with van der Waals surface area (Å²) in [5, 5.41) is 35.1. The topological polar surface area (TPSA) is 191 Å². The fourth-order valence-corrected chi connectivity index (χ4v) is 2.81. The van der Waals surface area contributed by atoms with Gasteiger partial charge in [0.05, 0.1) is 6.61 Å². The first-order valence-corrected chi connectivity index (χ1v) is 10.2. The molecule has 0 saturated carbocycles. The Morgan fingerprint density at radius 1 is 0.906 bits per heavy atom. The van der Waals surface area contributed by atoms with Crippen LogP contribution in [0, 0.1) is 5.92 Å². The molecule has 0 radical (unpaired) electrons. The summed E-state index contributed by atoms with van der Waals surface area (Å²) < 4.78 is 0. The molecule has 178 valence electrons. The number of benzene rings is 1. The van der Waals surface area contributed by atoms with Gasteiger partial charge >= 0.3 is 5.97 Å². The Kier molecular flexibility index (Phi) is 10.6. The highest BCUT2D eigenvalue weighted by Crippen LogP contribution is 2.12. The van der Waals surface area contributed by atoms with E-state index in [1.165, 1.54) is 19.1 Å². The molecule has 4 atom stereocenters. The van der Waals surface area contributed by atoms with Gasteiger partial charge in [0.2, 0.25) is 17.7 Å². The predicted octanol–water partition coefficient (Wildman–Crippen LogP) is -1.14. The minimum atomic E-state index is -1.20. The molecule has 0 bridgehead atoms. The Hall–Kier alpha value is -3.18. The Balaban J connectivity index is 2.99. The highest BCUT2D eigenvalue weighted by molar-refractivity contribution is 5.94. The maximum Gasteiger partial charge on any atom is 0.326 e. The van der Waals surface area contributed by atoms with Crippen LogP contribution in [0.4, 0.5) is 0 Å². The molecular weight excluding hydrogens is 420 g/mol. The zero-order valence-electron chi connectivity index (χ0n) is 18.4. The zero-order valence-corrected chi connectivity index (χ0v) is 18.4. The monoisotopic (exact) mass is 452 g/mol. The summed E-state index contributed by atoms with van der Waals surface area (Å²) in [6.07, 6.45) is 0.217. The van der Waals surface area contributed by atoms with Crippen LogP contribution in [0.5, 0.6) is 5.75 Å². The molecule has 11 nitrogen and oxygen atoms in total. The maximum absolute atomic E-state index is 12.9. The molecule has 0 spiro atoms. The van der Waals surface area contributed by atoms with E-state index in [2.05, 4.69) is 16.0 Å². The normalized spacial score (nSPS) is 14.7. The first kappa shape index (κ1) is 26.9. The van der Waals surface area contributed by atoms with Gasteiger partial charge in [-0.3, -0.25) is 14.4 Å². The van der Waals surface area contributed by atoms with Gasteiger partial charge < -0.3 is 37.0 Å². The van der Waals surface area contributed by atoms with Crippen molar-refractivity contribution in [2.45, 2.75) is 57.8 Å². The van der Waals surface area contributed by atoms with E-state index in [4.69, 9.17) is 10.8 Å². The van der Waals surface area contributed by atoms with E-state index >= 15 is 0 Å². The van der Waals surface area contributed by atoms with Crippen molar-refractivity contribution in [2.24, 2.45) is 11.7 Å². The van der Waals surface area contributed by atoms with Crippen molar-refractivity contribution in [3.8, 4) is 5.75 Å². The SMILES string of the molecule is CC(C)CC(NC(=O)C(Cc1ccc(O)cc1)NC(=O)C(C)NC(=O)C(N)CO)C(=O)O. The van der Waals surface area contributed by atoms with E-state index < -0.39 is 54.5 Å². The molecule has 4 unspecified atom stereocenters. The number of phenols is 1. The second-order valence-corrected chi connectivity index (χ2v) is 7.98. The van der Waals surface area contributed by atoms with Gasteiger partial charge in [-0.2, -0.15) is 0 Å². The van der Waals surface area contributed by atoms with Crippen LogP contribution in [0.25, 0.3) is 0 Å². The predicted molar refractivity (Wildman–Crippen MR) is 115 cm³/mol. The van der Waals surface area contributed by atoms with Crippen LogP contribution in [-0.4, -0.2) is 69.8 Å². The van der Waals surface area contributed by atoms with Crippen molar-refractivity contribution in [1.82, 2.24) is 16.0 Å². The number of nitrogens with two attached hydrogens (primary N) is 1. The molecule has 0 aliphatic rings. The molecule has 1 aromatic rings. The number of carboxylic acid groups (broad SMARTS) is 1. The third-order valence-electron chi connectivity index (χ3n) is 4.62. The van der Waals surface area contributed by atoms with Crippen LogP contribution in [0.2, 0.25) is 0 Å². The van der Waals surface area contributed by atoms with Crippen molar-refractivity contribution in [3.63, 3.8) is 0 Å². The maximum atomic E-state index is 12.9. The summed E-state index contributed by atoms with van der Waals surface area (Å²) in [6.45, 7) is 4.42. The molecule has 8 N–H and O–H groups in total. The molecule has 0 saturated heterocycles.